The van der Waals surface area contributed by atoms with Crippen molar-refractivity contribution in [3.8, 4) is 0 Å². The Bertz CT molecular complexity index is 411. The molecule has 19 heavy (non-hydrogen) atoms. The van der Waals surface area contributed by atoms with Crippen LogP contribution < -0.4 is 0 Å². The molecule has 0 aromatic heterocycles. The molecule has 1 aromatic rings. The van der Waals surface area contributed by atoms with Crippen LogP contribution in [0.5, 0.6) is 0 Å². The van der Waals surface area contributed by atoms with Crippen LogP contribution in [0.2, 0.25) is 0 Å². The Hall–Kier alpha value is -1.45. The van der Waals surface area contributed by atoms with Crippen molar-refractivity contribution in [2.45, 2.75) is 39.6 Å². The van der Waals surface area contributed by atoms with Gasteiger partial charge in [-0.2, -0.15) is 0 Å². The van der Waals surface area contributed by atoms with E-state index >= 15 is 0 Å². The maximum atomic E-state index is 11.7. The summed E-state index contributed by atoms with van der Waals surface area (Å²) in [5.74, 6) is -0.0245. The molecule has 0 amide bonds. The van der Waals surface area contributed by atoms with E-state index in [1.807, 2.05) is 44.2 Å². The average molecular weight is 262 g/mol. The number of ether oxygens (including phenoxy) is 2. The number of Topliss-reactive ketones (excluding diaryl/α,β-unsaturated/α-hetero) is 1. The molecule has 0 heterocycles. The van der Waals surface area contributed by atoms with Gasteiger partial charge < -0.3 is 9.47 Å². The molecule has 0 N–H and O–H groups in total. The van der Waals surface area contributed by atoms with Crippen LogP contribution in [-0.2, 0) is 14.3 Å². The van der Waals surface area contributed by atoms with Crippen LogP contribution >= 0.6 is 0 Å². The van der Waals surface area contributed by atoms with Gasteiger partial charge in [-0.1, -0.05) is 49.4 Å². The highest BCUT2D eigenvalue weighted by molar-refractivity contribution is 5.81. The highest BCUT2D eigenvalue weighted by atomic mass is 16.7. The Morgan fingerprint density at radius 2 is 1.89 bits per heavy atom. The van der Waals surface area contributed by atoms with E-state index < -0.39 is 12.4 Å². The van der Waals surface area contributed by atoms with Gasteiger partial charge in [0.1, 0.15) is 6.10 Å². The lowest BCUT2D eigenvalue weighted by atomic mass is 10.1. The molecule has 0 saturated carbocycles. The van der Waals surface area contributed by atoms with Gasteiger partial charge in [-0.05, 0) is 25.8 Å². The zero-order chi connectivity index (χ0) is 14.3. The first-order valence-electron chi connectivity index (χ1n) is 6.51. The molecule has 0 spiro atoms. The summed E-state index contributed by atoms with van der Waals surface area (Å²) in [5, 5.41) is 0. The van der Waals surface area contributed by atoms with E-state index in [9.17, 15) is 4.79 Å². The number of benzene rings is 1. The van der Waals surface area contributed by atoms with Gasteiger partial charge in [0.2, 0.25) is 0 Å². The minimum absolute atomic E-state index is 0.0245. The fraction of sp³-hybridized carbons (Fsp3) is 0.438. The normalized spacial score (nSPS) is 13.8. The van der Waals surface area contributed by atoms with Crippen molar-refractivity contribution in [1.82, 2.24) is 0 Å². The zero-order valence-corrected chi connectivity index (χ0v) is 11.9. The van der Waals surface area contributed by atoms with Crippen molar-refractivity contribution in [2.24, 2.45) is 0 Å². The molecule has 2 atom stereocenters. The number of ketones is 1. The Labute approximate surface area is 115 Å². The first kappa shape index (κ1) is 15.6. The Kier molecular flexibility index (Phi) is 6.46. The van der Waals surface area contributed by atoms with Gasteiger partial charge in [0.05, 0.1) is 6.61 Å². The molecule has 3 heteroatoms. The summed E-state index contributed by atoms with van der Waals surface area (Å²) in [6.07, 6.45) is -0.286. The summed E-state index contributed by atoms with van der Waals surface area (Å²) >= 11 is 0. The monoisotopic (exact) mass is 262 g/mol. The minimum Gasteiger partial charge on any atom is -0.348 e. The van der Waals surface area contributed by atoms with Gasteiger partial charge in [-0.25, -0.2) is 0 Å². The zero-order valence-electron chi connectivity index (χ0n) is 11.9. The van der Waals surface area contributed by atoms with Crippen molar-refractivity contribution < 1.29 is 14.3 Å². The second kappa shape index (κ2) is 7.87. The van der Waals surface area contributed by atoms with Gasteiger partial charge in [0.15, 0.2) is 12.1 Å². The first-order valence-corrected chi connectivity index (χ1v) is 6.51. The molecule has 104 valence electrons. The summed E-state index contributed by atoms with van der Waals surface area (Å²) in [7, 11) is 0. The first-order chi connectivity index (χ1) is 9.04. The molecule has 0 radical (unpaired) electrons. The Morgan fingerprint density at radius 1 is 1.26 bits per heavy atom. The van der Waals surface area contributed by atoms with Crippen molar-refractivity contribution >= 4 is 5.78 Å². The standard InChI is InChI=1S/C16H22O3/c1-5-15(18-11-12(2)3)19-16(13(4)17)14-9-7-6-8-10-14/h6-10,15-16H,2,5,11H2,1,3-4H3. The molecular weight excluding hydrogens is 240 g/mol. The van der Waals surface area contributed by atoms with E-state index in [0.29, 0.717) is 13.0 Å². The third kappa shape index (κ3) is 5.37. The van der Waals surface area contributed by atoms with Gasteiger partial charge in [-0.15, -0.1) is 0 Å². The Morgan fingerprint density at radius 3 is 2.37 bits per heavy atom. The van der Waals surface area contributed by atoms with E-state index in [0.717, 1.165) is 11.1 Å². The molecule has 0 aliphatic carbocycles. The van der Waals surface area contributed by atoms with Gasteiger partial charge in [0, 0.05) is 0 Å². The van der Waals surface area contributed by atoms with E-state index in [-0.39, 0.29) is 5.78 Å². The molecule has 0 fully saturated rings. The quantitative estimate of drug-likeness (QED) is 0.530. The lowest BCUT2D eigenvalue weighted by molar-refractivity contribution is -0.176. The smallest absolute Gasteiger partial charge is 0.163 e. The highest BCUT2D eigenvalue weighted by Gasteiger charge is 2.21. The third-order valence-corrected chi connectivity index (χ3v) is 2.61. The Balaban J connectivity index is 2.72. The van der Waals surface area contributed by atoms with Crippen LogP contribution in [0.1, 0.15) is 38.9 Å². The van der Waals surface area contributed by atoms with E-state index in [1.54, 1.807) is 0 Å². The van der Waals surface area contributed by atoms with Crippen molar-refractivity contribution in [1.29, 1.82) is 0 Å². The topological polar surface area (TPSA) is 35.5 Å². The maximum Gasteiger partial charge on any atom is 0.163 e. The minimum atomic E-state index is -0.573. The molecule has 0 aliphatic rings. The summed E-state index contributed by atoms with van der Waals surface area (Å²) in [6.45, 7) is 9.62. The molecule has 1 aromatic carbocycles. The lowest BCUT2D eigenvalue weighted by Gasteiger charge is -2.23. The number of hydrogen-bond acceptors (Lipinski definition) is 3. The van der Waals surface area contributed by atoms with Crippen LogP contribution in [0.15, 0.2) is 42.5 Å². The molecule has 2 unspecified atom stereocenters. The van der Waals surface area contributed by atoms with Crippen LogP contribution in [0.25, 0.3) is 0 Å². The van der Waals surface area contributed by atoms with Gasteiger partial charge in [-0.3, -0.25) is 4.79 Å². The van der Waals surface area contributed by atoms with Crippen LogP contribution in [0.4, 0.5) is 0 Å². The highest BCUT2D eigenvalue weighted by Crippen LogP contribution is 2.21. The number of hydrogen-bond donors (Lipinski definition) is 0. The number of rotatable bonds is 8. The van der Waals surface area contributed by atoms with Crippen molar-refractivity contribution in [2.75, 3.05) is 6.61 Å². The molecule has 0 saturated heterocycles. The number of carbonyl (C=O) groups is 1. The maximum absolute atomic E-state index is 11.7. The van der Waals surface area contributed by atoms with E-state index in [4.69, 9.17) is 9.47 Å². The predicted octanol–water partition coefficient (Wildman–Crippen LogP) is 3.66. The van der Waals surface area contributed by atoms with Crippen LogP contribution in [-0.4, -0.2) is 18.7 Å². The fourth-order valence-corrected chi connectivity index (χ4v) is 1.68. The molecule has 1 rings (SSSR count). The average Bonchev–Trinajstić information content (AvgIpc) is 2.39. The summed E-state index contributed by atoms with van der Waals surface area (Å²) in [4.78, 5) is 11.7. The summed E-state index contributed by atoms with van der Waals surface area (Å²) in [6, 6.07) is 9.47. The van der Waals surface area contributed by atoms with Crippen molar-refractivity contribution in [3.05, 3.63) is 48.0 Å². The number of carbonyl (C=O) groups excluding carboxylic acids is 1. The third-order valence-electron chi connectivity index (χ3n) is 2.61. The predicted molar refractivity (Wildman–Crippen MR) is 75.8 cm³/mol. The van der Waals surface area contributed by atoms with Crippen molar-refractivity contribution in [3.63, 3.8) is 0 Å². The van der Waals surface area contributed by atoms with Crippen LogP contribution in [0.3, 0.4) is 0 Å². The largest absolute Gasteiger partial charge is 0.348 e. The van der Waals surface area contributed by atoms with Crippen LogP contribution in [0, 0.1) is 0 Å². The molecule has 0 bridgehead atoms. The second-order valence-electron chi connectivity index (χ2n) is 4.64. The van der Waals surface area contributed by atoms with E-state index in [2.05, 4.69) is 6.58 Å². The molecule has 0 aliphatic heterocycles. The van der Waals surface area contributed by atoms with Gasteiger partial charge >= 0.3 is 0 Å². The SMILES string of the molecule is C=C(C)COC(CC)OC(C(C)=O)c1ccccc1. The summed E-state index contributed by atoms with van der Waals surface area (Å²) in [5.41, 5.74) is 1.79. The fourth-order valence-electron chi connectivity index (χ4n) is 1.68. The lowest BCUT2D eigenvalue weighted by Crippen LogP contribution is -2.24. The molecule has 3 nitrogen and oxygen atoms in total. The second-order valence-corrected chi connectivity index (χ2v) is 4.64. The van der Waals surface area contributed by atoms with E-state index in [1.165, 1.54) is 6.92 Å². The summed E-state index contributed by atoms with van der Waals surface area (Å²) < 4.78 is 11.4. The molecular formula is C16H22O3. The van der Waals surface area contributed by atoms with Gasteiger partial charge in [0.25, 0.3) is 0 Å².